The molecule has 2 bridgehead atoms. The second-order valence-electron chi connectivity index (χ2n) is 6.39. The number of nitrogens with one attached hydrogen (secondary N) is 1. The van der Waals surface area contributed by atoms with Crippen LogP contribution in [0.15, 0.2) is 18.2 Å². The van der Waals surface area contributed by atoms with E-state index in [1.807, 2.05) is 0 Å². The lowest BCUT2D eigenvalue weighted by molar-refractivity contribution is -0.0385. The number of aliphatic hydroxyl groups is 1. The fourth-order valence-corrected chi connectivity index (χ4v) is 3.95. The second kappa shape index (κ2) is 5.50. The zero-order valence-corrected chi connectivity index (χ0v) is 12.5. The first-order valence-corrected chi connectivity index (χ1v) is 7.58. The zero-order valence-electron chi connectivity index (χ0n) is 12.5. The molecule has 1 aromatic rings. The molecule has 2 aliphatic rings. The van der Waals surface area contributed by atoms with Gasteiger partial charge >= 0.3 is 6.03 Å². The van der Waals surface area contributed by atoms with Gasteiger partial charge in [-0.05, 0) is 37.3 Å². The first kappa shape index (κ1) is 15.2. The first-order chi connectivity index (χ1) is 10.4. The van der Waals surface area contributed by atoms with E-state index in [0.29, 0.717) is 18.4 Å². The lowest BCUT2D eigenvalue weighted by Gasteiger charge is -2.43. The third-order valence-corrected chi connectivity index (χ3v) is 4.83. The molecule has 2 heterocycles. The van der Waals surface area contributed by atoms with Crippen molar-refractivity contribution in [2.24, 2.45) is 0 Å². The fraction of sp³-hybridized carbons (Fsp3) is 0.562. The highest BCUT2D eigenvalue weighted by atomic mass is 19.1. The van der Waals surface area contributed by atoms with Crippen LogP contribution in [0.3, 0.4) is 0 Å². The average molecular weight is 310 g/mol. The molecule has 4 nitrogen and oxygen atoms in total. The maximum atomic E-state index is 13.8. The molecular formula is C16H20F2N2O2. The zero-order chi connectivity index (χ0) is 15.9. The summed E-state index contributed by atoms with van der Waals surface area (Å²) >= 11 is 0. The van der Waals surface area contributed by atoms with Crippen LogP contribution in [0.4, 0.5) is 13.6 Å². The van der Waals surface area contributed by atoms with Gasteiger partial charge in [-0.25, -0.2) is 13.6 Å². The summed E-state index contributed by atoms with van der Waals surface area (Å²) in [5.74, 6) is -1.25. The molecule has 0 aliphatic carbocycles. The number of halogens is 2. The van der Waals surface area contributed by atoms with Gasteiger partial charge in [0.1, 0.15) is 11.6 Å². The Morgan fingerprint density at radius 1 is 1.36 bits per heavy atom. The molecule has 2 aliphatic heterocycles. The second-order valence-corrected chi connectivity index (χ2v) is 6.39. The van der Waals surface area contributed by atoms with E-state index < -0.39 is 17.2 Å². The Hall–Kier alpha value is -1.69. The van der Waals surface area contributed by atoms with Crippen LogP contribution < -0.4 is 5.32 Å². The number of hydrogen-bond acceptors (Lipinski definition) is 2. The van der Waals surface area contributed by atoms with E-state index in [1.165, 1.54) is 12.1 Å². The molecule has 0 aromatic heterocycles. The van der Waals surface area contributed by atoms with E-state index in [0.717, 1.165) is 18.9 Å². The van der Waals surface area contributed by atoms with Gasteiger partial charge in [0.15, 0.2) is 0 Å². The van der Waals surface area contributed by atoms with Crippen LogP contribution in [0.25, 0.3) is 0 Å². The van der Waals surface area contributed by atoms with Crippen molar-refractivity contribution in [2.75, 3.05) is 7.05 Å². The molecule has 120 valence electrons. The quantitative estimate of drug-likeness (QED) is 0.880. The van der Waals surface area contributed by atoms with Crippen molar-refractivity contribution in [1.82, 2.24) is 10.2 Å². The summed E-state index contributed by atoms with van der Waals surface area (Å²) < 4.78 is 26.8. The number of urea groups is 1. The van der Waals surface area contributed by atoms with Crippen LogP contribution >= 0.6 is 0 Å². The van der Waals surface area contributed by atoms with Crippen LogP contribution in [0.5, 0.6) is 0 Å². The lowest BCUT2D eigenvalue weighted by Crippen LogP contribution is -2.56. The Balaban J connectivity index is 1.77. The van der Waals surface area contributed by atoms with Crippen LogP contribution in [-0.4, -0.2) is 40.8 Å². The standard InChI is InChI=1S/C16H20F2N2O2/c1-19-15(21)20-12-4-5-13(20)9-16(22,8-12)7-10-2-3-11(17)6-14(10)18/h2-3,6,12-13,22H,4-5,7-9H2,1H3,(H,19,21)/t12-,13-/m0/s1. The molecule has 2 amide bonds. The van der Waals surface area contributed by atoms with E-state index >= 15 is 0 Å². The molecule has 0 saturated carbocycles. The molecule has 2 saturated heterocycles. The van der Waals surface area contributed by atoms with E-state index in [4.69, 9.17) is 0 Å². The molecule has 3 rings (SSSR count). The normalized spacial score (nSPS) is 30.5. The number of carbonyl (C=O) groups excluding carboxylic acids is 1. The van der Waals surface area contributed by atoms with Crippen molar-refractivity contribution >= 4 is 6.03 Å². The summed E-state index contributed by atoms with van der Waals surface area (Å²) in [5.41, 5.74) is -0.730. The number of hydrogen-bond donors (Lipinski definition) is 2. The van der Waals surface area contributed by atoms with Gasteiger partial charge in [0.2, 0.25) is 0 Å². The van der Waals surface area contributed by atoms with Gasteiger partial charge in [-0.3, -0.25) is 0 Å². The fourth-order valence-electron chi connectivity index (χ4n) is 3.95. The van der Waals surface area contributed by atoms with Crippen molar-refractivity contribution in [3.05, 3.63) is 35.4 Å². The Kier molecular flexibility index (Phi) is 3.80. The molecule has 0 unspecified atom stereocenters. The number of amides is 2. The Morgan fingerprint density at radius 2 is 2.00 bits per heavy atom. The van der Waals surface area contributed by atoms with Gasteiger partial charge in [-0.15, -0.1) is 0 Å². The van der Waals surface area contributed by atoms with Crippen molar-refractivity contribution in [3.8, 4) is 0 Å². The molecule has 22 heavy (non-hydrogen) atoms. The number of nitrogens with zero attached hydrogens (tertiary/aromatic N) is 1. The Labute approximate surface area is 128 Å². The van der Waals surface area contributed by atoms with Gasteiger partial charge in [-0.2, -0.15) is 0 Å². The predicted octanol–water partition coefficient (Wildman–Crippen LogP) is 2.20. The van der Waals surface area contributed by atoms with Crippen LogP contribution in [0.1, 0.15) is 31.2 Å². The van der Waals surface area contributed by atoms with Crippen molar-refractivity contribution in [3.63, 3.8) is 0 Å². The molecule has 0 spiro atoms. The van der Waals surface area contributed by atoms with Crippen LogP contribution in [-0.2, 0) is 6.42 Å². The monoisotopic (exact) mass is 310 g/mol. The summed E-state index contributed by atoms with van der Waals surface area (Å²) in [4.78, 5) is 13.7. The highest BCUT2D eigenvalue weighted by molar-refractivity contribution is 5.75. The van der Waals surface area contributed by atoms with Crippen LogP contribution in [0.2, 0.25) is 0 Å². The third kappa shape index (κ3) is 2.67. The van der Waals surface area contributed by atoms with E-state index in [2.05, 4.69) is 5.32 Å². The maximum Gasteiger partial charge on any atom is 0.317 e. The highest BCUT2D eigenvalue weighted by Crippen LogP contribution is 2.42. The minimum Gasteiger partial charge on any atom is -0.389 e. The molecule has 2 fully saturated rings. The Bertz CT molecular complexity index is 580. The summed E-state index contributed by atoms with van der Waals surface area (Å²) in [6, 6.07) is 3.26. The minimum atomic E-state index is -1.05. The number of carbonyl (C=O) groups is 1. The molecular weight excluding hydrogens is 290 g/mol. The Morgan fingerprint density at radius 3 is 2.55 bits per heavy atom. The van der Waals surface area contributed by atoms with Gasteiger partial charge in [0.25, 0.3) is 0 Å². The van der Waals surface area contributed by atoms with Gasteiger partial charge in [0, 0.05) is 31.6 Å². The van der Waals surface area contributed by atoms with E-state index in [1.54, 1.807) is 11.9 Å². The van der Waals surface area contributed by atoms with Gasteiger partial charge in [-0.1, -0.05) is 6.07 Å². The number of piperidine rings is 1. The summed E-state index contributed by atoms with van der Waals surface area (Å²) in [5, 5.41) is 13.5. The smallest absolute Gasteiger partial charge is 0.317 e. The summed E-state index contributed by atoms with van der Waals surface area (Å²) in [6.45, 7) is 0. The van der Waals surface area contributed by atoms with Crippen molar-refractivity contribution in [1.29, 1.82) is 0 Å². The largest absolute Gasteiger partial charge is 0.389 e. The maximum absolute atomic E-state index is 13.8. The molecule has 1 aromatic carbocycles. The minimum absolute atomic E-state index is 0.0211. The SMILES string of the molecule is CNC(=O)N1[C@H]2CC[C@H]1CC(O)(Cc1ccc(F)cc1F)C2. The molecule has 0 radical (unpaired) electrons. The highest BCUT2D eigenvalue weighted by Gasteiger charge is 2.49. The van der Waals surface area contributed by atoms with E-state index in [9.17, 15) is 18.7 Å². The first-order valence-electron chi connectivity index (χ1n) is 7.58. The third-order valence-electron chi connectivity index (χ3n) is 4.83. The van der Waals surface area contributed by atoms with Crippen LogP contribution in [0, 0.1) is 11.6 Å². The molecule has 2 N–H and O–H groups in total. The lowest BCUT2D eigenvalue weighted by atomic mass is 9.81. The number of fused-ring (bicyclic) bond motifs is 2. The predicted molar refractivity (Wildman–Crippen MR) is 77.4 cm³/mol. The van der Waals surface area contributed by atoms with Crippen molar-refractivity contribution in [2.45, 2.75) is 49.8 Å². The number of rotatable bonds is 2. The van der Waals surface area contributed by atoms with Crippen molar-refractivity contribution < 1.29 is 18.7 Å². The molecule has 6 heteroatoms. The summed E-state index contributed by atoms with van der Waals surface area (Å²) in [7, 11) is 1.59. The number of benzene rings is 1. The molecule has 2 atom stereocenters. The van der Waals surface area contributed by atoms with E-state index in [-0.39, 0.29) is 24.5 Å². The average Bonchev–Trinajstić information content (AvgIpc) is 2.74. The van der Waals surface area contributed by atoms with Gasteiger partial charge < -0.3 is 15.3 Å². The topological polar surface area (TPSA) is 52.6 Å². The summed E-state index contributed by atoms with van der Waals surface area (Å²) in [6.07, 6.45) is 2.70. The van der Waals surface area contributed by atoms with Gasteiger partial charge in [0.05, 0.1) is 5.60 Å².